The minimum Gasteiger partial charge on any atom is -0.481 e. The van der Waals surface area contributed by atoms with Crippen LogP contribution in [-0.4, -0.2) is 63.0 Å². The second-order valence-corrected chi connectivity index (χ2v) is 6.28. The molecule has 0 aliphatic carbocycles. The molecule has 10 heteroatoms. The molecule has 1 aliphatic heterocycles. The average Bonchev–Trinajstić information content (AvgIpc) is 2.82. The van der Waals surface area contributed by atoms with Crippen LogP contribution in [0.15, 0.2) is 6.33 Å². The van der Waals surface area contributed by atoms with E-state index in [1.54, 1.807) is 10.9 Å². The number of carboxylic acid groups (broad SMARTS) is 1. The highest BCUT2D eigenvalue weighted by Gasteiger charge is 2.31. The van der Waals surface area contributed by atoms with Crippen LogP contribution in [0.25, 0.3) is 0 Å². The van der Waals surface area contributed by atoms with Gasteiger partial charge in [-0.2, -0.15) is 17.0 Å². The third-order valence-electron chi connectivity index (χ3n) is 2.96. The van der Waals surface area contributed by atoms with Crippen molar-refractivity contribution in [3.05, 3.63) is 12.2 Å². The maximum atomic E-state index is 12.2. The Kier molecular flexibility index (Phi) is 3.83. The highest BCUT2D eigenvalue weighted by Crippen LogP contribution is 2.15. The molecular weight excluding hydrogens is 274 g/mol. The van der Waals surface area contributed by atoms with Crippen LogP contribution in [0.5, 0.6) is 0 Å². The number of aliphatic carboxylic acids is 1. The summed E-state index contributed by atoms with van der Waals surface area (Å²) >= 11 is 0. The standard InChI is InChI=1S/C9H15N5O4S/c1-12(3-2-9(15)16)19(17,18)14-5-4-13-7-10-11-8(13)6-14/h7H,2-6H2,1H3,(H,15,16). The molecule has 2 rings (SSSR count). The fraction of sp³-hybridized carbons (Fsp3) is 0.667. The first kappa shape index (κ1) is 13.9. The molecule has 0 unspecified atom stereocenters. The van der Waals surface area contributed by atoms with Crippen LogP contribution >= 0.6 is 0 Å². The van der Waals surface area contributed by atoms with Crippen molar-refractivity contribution in [2.45, 2.75) is 19.5 Å². The highest BCUT2D eigenvalue weighted by atomic mass is 32.2. The molecule has 2 heterocycles. The molecule has 0 aromatic carbocycles. The fourth-order valence-electron chi connectivity index (χ4n) is 1.81. The van der Waals surface area contributed by atoms with Gasteiger partial charge in [-0.1, -0.05) is 0 Å². The van der Waals surface area contributed by atoms with Gasteiger partial charge in [-0.3, -0.25) is 4.79 Å². The lowest BCUT2D eigenvalue weighted by Crippen LogP contribution is -2.45. The normalized spacial score (nSPS) is 16.5. The minimum absolute atomic E-state index is 0.0547. The molecular formula is C9H15N5O4S. The van der Waals surface area contributed by atoms with Crippen molar-refractivity contribution in [3.8, 4) is 0 Å². The van der Waals surface area contributed by atoms with Crippen LogP contribution in [0, 0.1) is 0 Å². The molecule has 19 heavy (non-hydrogen) atoms. The second-order valence-electron chi connectivity index (χ2n) is 4.25. The maximum Gasteiger partial charge on any atom is 0.304 e. The summed E-state index contributed by atoms with van der Waals surface area (Å²) in [7, 11) is -2.28. The van der Waals surface area contributed by atoms with E-state index in [2.05, 4.69) is 10.2 Å². The van der Waals surface area contributed by atoms with E-state index >= 15 is 0 Å². The molecule has 0 spiro atoms. The Bertz CT molecular complexity index is 569. The van der Waals surface area contributed by atoms with Gasteiger partial charge in [-0.25, -0.2) is 0 Å². The van der Waals surface area contributed by atoms with Crippen molar-refractivity contribution >= 4 is 16.2 Å². The SMILES string of the molecule is CN(CCC(=O)O)S(=O)(=O)N1CCn2cnnc2C1. The number of nitrogens with zero attached hydrogens (tertiary/aromatic N) is 5. The van der Waals surface area contributed by atoms with E-state index in [0.29, 0.717) is 18.9 Å². The number of hydrogen-bond acceptors (Lipinski definition) is 5. The predicted molar refractivity (Wildman–Crippen MR) is 64.2 cm³/mol. The fourth-order valence-corrected chi connectivity index (χ4v) is 3.11. The van der Waals surface area contributed by atoms with E-state index in [1.165, 1.54) is 11.4 Å². The van der Waals surface area contributed by atoms with Gasteiger partial charge in [-0.15, -0.1) is 10.2 Å². The molecule has 0 atom stereocenters. The summed E-state index contributed by atoms with van der Waals surface area (Å²) in [6.07, 6.45) is 1.34. The van der Waals surface area contributed by atoms with Crippen molar-refractivity contribution in [1.29, 1.82) is 0 Å². The molecule has 1 aromatic rings. The van der Waals surface area contributed by atoms with Crippen molar-refractivity contribution < 1.29 is 18.3 Å². The molecule has 0 amide bonds. The first-order chi connectivity index (χ1) is 8.91. The third-order valence-corrected chi connectivity index (χ3v) is 4.90. The number of fused-ring (bicyclic) bond motifs is 1. The number of aromatic nitrogens is 3. The first-order valence-electron chi connectivity index (χ1n) is 5.71. The van der Waals surface area contributed by atoms with Gasteiger partial charge >= 0.3 is 5.97 Å². The summed E-state index contributed by atoms with van der Waals surface area (Å²) in [6, 6.07) is 0. The van der Waals surface area contributed by atoms with Gasteiger partial charge in [0.25, 0.3) is 10.2 Å². The first-order valence-corrected chi connectivity index (χ1v) is 7.11. The largest absolute Gasteiger partial charge is 0.481 e. The average molecular weight is 289 g/mol. The van der Waals surface area contributed by atoms with Gasteiger partial charge < -0.3 is 9.67 Å². The van der Waals surface area contributed by atoms with Crippen molar-refractivity contribution in [2.75, 3.05) is 20.1 Å². The molecule has 1 N–H and O–H groups in total. The topological polar surface area (TPSA) is 109 Å². The lowest BCUT2D eigenvalue weighted by atomic mass is 10.4. The van der Waals surface area contributed by atoms with Crippen molar-refractivity contribution in [2.24, 2.45) is 0 Å². The third kappa shape index (κ3) is 2.91. The summed E-state index contributed by atoms with van der Waals surface area (Å²) in [6.45, 7) is 0.916. The lowest BCUT2D eigenvalue weighted by Gasteiger charge is -2.29. The molecule has 106 valence electrons. The monoisotopic (exact) mass is 289 g/mol. The molecule has 1 aliphatic rings. The van der Waals surface area contributed by atoms with Crippen LogP contribution in [0.3, 0.4) is 0 Å². The van der Waals surface area contributed by atoms with Gasteiger partial charge in [-0.05, 0) is 0 Å². The number of carboxylic acids is 1. The molecule has 0 saturated heterocycles. The Morgan fingerprint density at radius 1 is 1.53 bits per heavy atom. The summed E-state index contributed by atoms with van der Waals surface area (Å²) in [4.78, 5) is 10.5. The summed E-state index contributed by atoms with van der Waals surface area (Å²) in [5.41, 5.74) is 0. The van der Waals surface area contributed by atoms with Gasteiger partial charge in [0, 0.05) is 26.7 Å². The zero-order chi connectivity index (χ0) is 14.0. The predicted octanol–water partition coefficient (Wildman–Crippen LogP) is -1.25. The molecule has 9 nitrogen and oxygen atoms in total. The summed E-state index contributed by atoms with van der Waals surface area (Å²) in [5, 5.41) is 16.2. The molecule has 0 radical (unpaired) electrons. The number of carbonyl (C=O) groups is 1. The van der Waals surface area contributed by atoms with Gasteiger partial charge in [0.15, 0.2) is 0 Å². The van der Waals surface area contributed by atoms with Gasteiger partial charge in [0.2, 0.25) is 0 Å². The van der Waals surface area contributed by atoms with E-state index in [-0.39, 0.29) is 19.5 Å². The lowest BCUT2D eigenvalue weighted by molar-refractivity contribution is -0.137. The Morgan fingerprint density at radius 3 is 2.95 bits per heavy atom. The second kappa shape index (κ2) is 5.23. The smallest absolute Gasteiger partial charge is 0.304 e. The Hall–Kier alpha value is -1.52. The van der Waals surface area contributed by atoms with Crippen LogP contribution in [-0.2, 0) is 28.1 Å². The van der Waals surface area contributed by atoms with Gasteiger partial charge in [0.05, 0.1) is 13.0 Å². The Morgan fingerprint density at radius 2 is 2.26 bits per heavy atom. The van der Waals surface area contributed by atoms with Gasteiger partial charge in [0.1, 0.15) is 12.2 Å². The maximum absolute atomic E-state index is 12.2. The van der Waals surface area contributed by atoms with Crippen LogP contribution in [0.2, 0.25) is 0 Å². The zero-order valence-corrected chi connectivity index (χ0v) is 11.2. The zero-order valence-electron chi connectivity index (χ0n) is 10.4. The molecule has 1 aromatic heterocycles. The minimum atomic E-state index is -3.66. The van der Waals surface area contributed by atoms with E-state index < -0.39 is 16.2 Å². The van der Waals surface area contributed by atoms with E-state index in [1.807, 2.05) is 0 Å². The van der Waals surface area contributed by atoms with Crippen LogP contribution in [0.1, 0.15) is 12.2 Å². The highest BCUT2D eigenvalue weighted by molar-refractivity contribution is 7.86. The Labute approximate surface area is 110 Å². The van der Waals surface area contributed by atoms with Crippen molar-refractivity contribution in [1.82, 2.24) is 23.4 Å². The summed E-state index contributed by atoms with van der Waals surface area (Å²) in [5.74, 6) is -0.443. The van der Waals surface area contributed by atoms with E-state index in [9.17, 15) is 13.2 Å². The van der Waals surface area contributed by atoms with E-state index in [4.69, 9.17) is 5.11 Å². The van der Waals surface area contributed by atoms with E-state index in [0.717, 1.165) is 4.31 Å². The molecule has 0 bridgehead atoms. The molecule has 0 saturated carbocycles. The number of hydrogen-bond donors (Lipinski definition) is 1. The van der Waals surface area contributed by atoms with Crippen LogP contribution < -0.4 is 0 Å². The quantitative estimate of drug-likeness (QED) is 0.725. The summed E-state index contributed by atoms with van der Waals surface area (Å²) < 4.78 is 28.6. The van der Waals surface area contributed by atoms with Crippen LogP contribution in [0.4, 0.5) is 0 Å². The Balaban J connectivity index is 2.06. The number of rotatable bonds is 5. The van der Waals surface area contributed by atoms with Crippen molar-refractivity contribution in [3.63, 3.8) is 0 Å². The molecule has 0 fully saturated rings.